The van der Waals surface area contributed by atoms with Crippen molar-refractivity contribution in [1.29, 1.82) is 0 Å². The number of benzene rings is 1. The van der Waals surface area contributed by atoms with E-state index in [1.165, 1.54) is 0 Å². The van der Waals surface area contributed by atoms with Gasteiger partial charge in [0.2, 0.25) is 0 Å². The van der Waals surface area contributed by atoms with Crippen molar-refractivity contribution in [3.05, 3.63) is 48.4 Å². The molecule has 0 saturated carbocycles. The Balaban J connectivity index is 1.64. The number of rotatable bonds is 8. The van der Waals surface area contributed by atoms with Crippen molar-refractivity contribution in [3.8, 4) is 5.75 Å². The number of hydrogen-bond acceptors (Lipinski definition) is 4. The first-order valence-electron chi connectivity index (χ1n) is 6.98. The first-order valence-corrected chi connectivity index (χ1v) is 6.98. The topological polar surface area (TPSA) is 46.4 Å². The fourth-order valence-electron chi connectivity index (χ4n) is 1.84. The van der Waals surface area contributed by atoms with Gasteiger partial charge >= 0.3 is 0 Å². The van der Waals surface area contributed by atoms with Crippen LogP contribution in [0.4, 0.5) is 5.69 Å². The number of ether oxygens (including phenoxy) is 1. The average molecular weight is 274 g/mol. The standard InChI is InChI=1S/C16H22N2O2/c1-13(2)20-15-7-5-14(6-8-15)18-10-9-17-12-16-4-3-11-19-16/h3-8,11,13,17-18H,9-10,12H2,1-2H3. The van der Waals surface area contributed by atoms with Gasteiger partial charge in [0.15, 0.2) is 0 Å². The summed E-state index contributed by atoms with van der Waals surface area (Å²) in [6, 6.07) is 11.9. The second-order valence-electron chi connectivity index (χ2n) is 4.87. The molecule has 0 fully saturated rings. The van der Waals surface area contributed by atoms with E-state index in [-0.39, 0.29) is 6.10 Å². The van der Waals surface area contributed by atoms with Crippen molar-refractivity contribution in [1.82, 2.24) is 5.32 Å². The highest BCUT2D eigenvalue weighted by Gasteiger charge is 1.98. The number of hydrogen-bond donors (Lipinski definition) is 2. The average Bonchev–Trinajstić information content (AvgIpc) is 2.93. The van der Waals surface area contributed by atoms with Crippen LogP contribution in [0, 0.1) is 0 Å². The largest absolute Gasteiger partial charge is 0.491 e. The lowest BCUT2D eigenvalue weighted by Gasteiger charge is -2.11. The summed E-state index contributed by atoms with van der Waals surface area (Å²) in [4.78, 5) is 0. The molecule has 1 aromatic heterocycles. The van der Waals surface area contributed by atoms with E-state index in [2.05, 4.69) is 10.6 Å². The SMILES string of the molecule is CC(C)Oc1ccc(NCCNCc2ccco2)cc1. The number of nitrogens with one attached hydrogen (secondary N) is 2. The van der Waals surface area contributed by atoms with Crippen LogP contribution in [0.1, 0.15) is 19.6 Å². The van der Waals surface area contributed by atoms with Gasteiger partial charge in [0, 0.05) is 18.8 Å². The summed E-state index contributed by atoms with van der Waals surface area (Å²) in [7, 11) is 0. The van der Waals surface area contributed by atoms with Crippen LogP contribution in [0.25, 0.3) is 0 Å². The number of furan rings is 1. The summed E-state index contributed by atoms with van der Waals surface area (Å²) in [5, 5.41) is 6.67. The Hall–Kier alpha value is -1.94. The minimum Gasteiger partial charge on any atom is -0.491 e. The summed E-state index contributed by atoms with van der Waals surface area (Å²) < 4.78 is 10.8. The molecule has 0 aliphatic heterocycles. The fraction of sp³-hybridized carbons (Fsp3) is 0.375. The van der Waals surface area contributed by atoms with Crippen LogP contribution in [-0.4, -0.2) is 19.2 Å². The summed E-state index contributed by atoms with van der Waals surface area (Å²) in [5.74, 6) is 1.86. The third kappa shape index (κ3) is 4.97. The van der Waals surface area contributed by atoms with E-state index in [4.69, 9.17) is 9.15 Å². The second kappa shape index (κ2) is 7.60. The molecule has 20 heavy (non-hydrogen) atoms. The summed E-state index contributed by atoms with van der Waals surface area (Å²) >= 11 is 0. The zero-order valence-electron chi connectivity index (χ0n) is 12.1. The van der Waals surface area contributed by atoms with Gasteiger partial charge in [-0.25, -0.2) is 0 Å². The first kappa shape index (κ1) is 14.5. The summed E-state index contributed by atoms with van der Waals surface area (Å²) in [5.41, 5.74) is 1.10. The number of anilines is 1. The third-order valence-electron chi connectivity index (χ3n) is 2.74. The maximum atomic E-state index is 5.60. The molecule has 0 aliphatic rings. The van der Waals surface area contributed by atoms with Crippen molar-refractivity contribution in [2.24, 2.45) is 0 Å². The van der Waals surface area contributed by atoms with Crippen LogP contribution in [-0.2, 0) is 6.54 Å². The van der Waals surface area contributed by atoms with Gasteiger partial charge in [0.25, 0.3) is 0 Å². The lowest BCUT2D eigenvalue weighted by molar-refractivity contribution is 0.242. The molecule has 2 aromatic rings. The van der Waals surface area contributed by atoms with Gasteiger partial charge in [-0.15, -0.1) is 0 Å². The van der Waals surface area contributed by atoms with E-state index in [9.17, 15) is 0 Å². The van der Waals surface area contributed by atoms with Crippen LogP contribution in [0.2, 0.25) is 0 Å². The summed E-state index contributed by atoms with van der Waals surface area (Å²) in [6.07, 6.45) is 1.90. The zero-order chi connectivity index (χ0) is 14.2. The molecule has 2 N–H and O–H groups in total. The highest BCUT2D eigenvalue weighted by molar-refractivity contribution is 5.46. The molecule has 0 amide bonds. The van der Waals surface area contributed by atoms with Crippen LogP contribution in [0.15, 0.2) is 47.1 Å². The third-order valence-corrected chi connectivity index (χ3v) is 2.74. The molecule has 0 aliphatic carbocycles. The van der Waals surface area contributed by atoms with Crippen molar-refractivity contribution in [2.45, 2.75) is 26.5 Å². The van der Waals surface area contributed by atoms with E-state index in [1.54, 1.807) is 6.26 Å². The fourth-order valence-corrected chi connectivity index (χ4v) is 1.84. The summed E-state index contributed by atoms with van der Waals surface area (Å²) in [6.45, 7) is 6.56. The smallest absolute Gasteiger partial charge is 0.119 e. The van der Waals surface area contributed by atoms with E-state index < -0.39 is 0 Å². The van der Waals surface area contributed by atoms with Gasteiger partial charge in [-0.2, -0.15) is 0 Å². The van der Waals surface area contributed by atoms with Crippen LogP contribution < -0.4 is 15.4 Å². The van der Waals surface area contributed by atoms with E-state index in [1.807, 2.05) is 50.2 Å². The molecule has 0 spiro atoms. The molecule has 0 atom stereocenters. The van der Waals surface area contributed by atoms with Gasteiger partial charge in [-0.3, -0.25) is 0 Å². The Morgan fingerprint density at radius 1 is 1.10 bits per heavy atom. The molecule has 1 aromatic carbocycles. The van der Waals surface area contributed by atoms with Crippen molar-refractivity contribution in [2.75, 3.05) is 18.4 Å². The Labute approximate surface area is 120 Å². The van der Waals surface area contributed by atoms with Crippen molar-refractivity contribution < 1.29 is 9.15 Å². The lowest BCUT2D eigenvalue weighted by atomic mass is 10.3. The molecular formula is C16H22N2O2. The Morgan fingerprint density at radius 3 is 2.55 bits per heavy atom. The first-order chi connectivity index (χ1) is 9.74. The lowest BCUT2D eigenvalue weighted by Crippen LogP contribution is -2.21. The van der Waals surface area contributed by atoms with Crippen LogP contribution in [0.3, 0.4) is 0 Å². The Morgan fingerprint density at radius 2 is 1.90 bits per heavy atom. The highest BCUT2D eigenvalue weighted by Crippen LogP contribution is 2.16. The molecule has 4 heteroatoms. The molecule has 0 unspecified atom stereocenters. The molecule has 0 saturated heterocycles. The van der Waals surface area contributed by atoms with Gasteiger partial charge in [0.1, 0.15) is 11.5 Å². The molecule has 108 valence electrons. The highest BCUT2D eigenvalue weighted by atomic mass is 16.5. The maximum absolute atomic E-state index is 5.60. The monoisotopic (exact) mass is 274 g/mol. The Kier molecular flexibility index (Phi) is 5.50. The maximum Gasteiger partial charge on any atom is 0.119 e. The normalized spacial score (nSPS) is 10.8. The minimum absolute atomic E-state index is 0.208. The predicted octanol–water partition coefficient (Wildman–Crippen LogP) is 3.27. The van der Waals surface area contributed by atoms with Gasteiger partial charge in [0.05, 0.1) is 18.9 Å². The molecule has 2 rings (SSSR count). The van der Waals surface area contributed by atoms with Crippen LogP contribution >= 0.6 is 0 Å². The molecule has 0 radical (unpaired) electrons. The van der Waals surface area contributed by atoms with E-state index in [0.29, 0.717) is 0 Å². The molecule has 1 heterocycles. The van der Waals surface area contributed by atoms with E-state index in [0.717, 1.165) is 36.8 Å². The molecular weight excluding hydrogens is 252 g/mol. The Bertz CT molecular complexity index is 478. The minimum atomic E-state index is 0.208. The van der Waals surface area contributed by atoms with Crippen LogP contribution in [0.5, 0.6) is 5.75 Å². The predicted molar refractivity (Wildman–Crippen MR) is 81.1 cm³/mol. The van der Waals surface area contributed by atoms with Gasteiger partial charge < -0.3 is 19.8 Å². The van der Waals surface area contributed by atoms with Gasteiger partial charge in [-0.1, -0.05) is 0 Å². The second-order valence-corrected chi connectivity index (χ2v) is 4.87. The molecule has 0 bridgehead atoms. The van der Waals surface area contributed by atoms with Crippen molar-refractivity contribution in [3.63, 3.8) is 0 Å². The molecule has 4 nitrogen and oxygen atoms in total. The zero-order valence-corrected chi connectivity index (χ0v) is 12.1. The van der Waals surface area contributed by atoms with Crippen molar-refractivity contribution >= 4 is 5.69 Å². The van der Waals surface area contributed by atoms with E-state index >= 15 is 0 Å². The quantitative estimate of drug-likeness (QED) is 0.725. The van der Waals surface area contributed by atoms with Gasteiger partial charge in [-0.05, 0) is 50.2 Å².